The molecule has 0 radical (unpaired) electrons. The van der Waals surface area contributed by atoms with Gasteiger partial charge in [-0.1, -0.05) is 6.07 Å². The number of aryl methyl sites for hydroxylation is 1. The Balaban J connectivity index is 1.76. The number of nitrogen functional groups attached to an aromatic ring is 1. The van der Waals surface area contributed by atoms with Crippen LogP contribution in [0.3, 0.4) is 0 Å². The zero-order valence-electron chi connectivity index (χ0n) is 15.3. The van der Waals surface area contributed by atoms with Crippen molar-refractivity contribution in [3.63, 3.8) is 0 Å². The Hall–Kier alpha value is -2.64. The average Bonchev–Trinajstić information content (AvgIpc) is 3.38. The topological polar surface area (TPSA) is 77.5 Å². The number of fused-ring (bicyclic) bond motifs is 2. The smallest absolute Gasteiger partial charge is 0.150 e. The predicted octanol–water partition coefficient (Wildman–Crippen LogP) is 3.59. The van der Waals surface area contributed by atoms with Crippen LogP contribution in [0.4, 0.5) is 5.82 Å². The molecule has 1 atom stereocenters. The summed E-state index contributed by atoms with van der Waals surface area (Å²) in [4.78, 5) is 10.5. The van der Waals surface area contributed by atoms with Gasteiger partial charge in [-0.05, 0) is 43.0 Å². The van der Waals surface area contributed by atoms with E-state index >= 15 is 0 Å². The first-order chi connectivity index (χ1) is 13.2. The number of benzene rings is 1. The molecule has 0 amide bonds. The van der Waals surface area contributed by atoms with Crippen molar-refractivity contribution in [3.05, 3.63) is 42.0 Å². The van der Waals surface area contributed by atoms with Crippen LogP contribution in [0.2, 0.25) is 0 Å². The number of thiophene rings is 1. The fourth-order valence-electron chi connectivity index (χ4n) is 3.95. The molecule has 1 aliphatic heterocycles. The molecule has 4 aromatic rings. The molecule has 3 N–H and O–H groups in total. The van der Waals surface area contributed by atoms with Gasteiger partial charge >= 0.3 is 0 Å². The minimum Gasteiger partial charge on any atom is -0.495 e. The summed E-state index contributed by atoms with van der Waals surface area (Å²) < 4.78 is 8.84. The number of hydrogen-bond acceptors (Lipinski definition) is 6. The molecular weight excluding hydrogens is 358 g/mol. The van der Waals surface area contributed by atoms with E-state index in [1.54, 1.807) is 24.6 Å². The minimum atomic E-state index is 0.388. The summed E-state index contributed by atoms with van der Waals surface area (Å²) in [6.07, 6.45) is 4.80. The summed E-state index contributed by atoms with van der Waals surface area (Å²) in [5.74, 6) is 2.85. The molecule has 0 aliphatic carbocycles. The van der Waals surface area contributed by atoms with Crippen molar-refractivity contribution >= 4 is 32.8 Å². The Morgan fingerprint density at radius 1 is 1.33 bits per heavy atom. The second kappa shape index (κ2) is 6.21. The highest BCUT2D eigenvalue weighted by Crippen LogP contribution is 2.41. The normalized spacial score (nSPS) is 17.2. The SMILES string of the molecule is COc1cc(C)cc2cc(-c3nc(C4CCNC4)n4ccnc(N)c34)sc12. The number of nitrogens with two attached hydrogens (primary N) is 1. The van der Waals surface area contributed by atoms with Crippen LogP contribution in [-0.2, 0) is 0 Å². The van der Waals surface area contributed by atoms with E-state index < -0.39 is 0 Å². The third kappa shape index (κ3) is 2.57. The van der Waals surface area contributed by atoms with Crippen LogP contribution >= 0.6 is 11.3 Å². The van der Waals surface area contributed by atoms with Crippen molar-refractivity contribution in [3.8, 4) is 16.3 Å². The molecule has 7 heteroatoms. The van der Waals surface area contributed by atoms with E-state index in [4.69, 9.17) is 15.5 Å². The molecule has 1 aromatic carbocycles. The van der Waals surface area contributed by atoms with E-state index in [-0.39, 0.29) is 0 Å². The zero-order chi connectivity index (χ0) is 18.5. The lowest BCUT2D eigenvalue weighted by molar-refractivity contribution is 0.420. The quantitative estimate of drug-likeness (QED) is 0.569. The van der Waals surface area contributed by atoms with Crippen molar-refractivity contribution in [2.75, 3.05) is 25.9 Å². The van der Waals surface area contributed by atoms with Gasteiger partial charge in [-0.2, -0.15) is 0 Å². The summed E-state index contributed by atoms with van der Waals surface area (Å²) in [5, 5.41) is 4.59. The number of rotatable bonds is 3. The molecule has 5 rings (SSSR count). The maximum Gasteiger partial charge on any atom is 0.150 e. The third-order valence-electron chi connectivity index (χ3n) is 5.22. The van der Waals surface area contributed by atoms with Crippen LogP contribution in [0.15, 0.2) is 30.6 Å². The first-order valence-corrected chi connectivity index (χ1v) is 9.89. The van der Waals surface area contributed by atoms with E-state index in [9.17, 15) is 0 Å². The van der Waals surface area contributed by atoms with Crippen molar-refractivity contribution in [2.24, 2.45) is 0 Å². The van der Waals surface area contributed by atoms with Crippen molar-refractivity contribution in [1.82, 2.24) is 19.7 Å². The standard InChI is InChI=1S/C20H21N5OS/c1-11-7-13-9-15(27-18(13)14(8-11)26-2)16-17-19(21)23-5-6-25(17)20(24-16)12-3-4-22-10-12/h5-9,12,22H,3-4,10H2,1-2H3,(H2,21,23). The highest BCUT2D eigenvalue weighted by atomic mass is 32.1. The number of methoxy groups -OCH3 is 1. The van der Waals surface area contributed by atoms with Gasteiger partial charge in [0.1, 0.15) is 28.6 Å². The molecule has 3 aromatic heterocycles. The van der Waals surface area contributed by atoms with Crippen LogP contribution in [0.1, 0.15) is 23.7 Å². The maximum atomic E-state index is 6.27. The van der Waals surface area contributed by atoms with Gasteiger partial charge in [-0.3, -0.25) is 4.40 Å². The lowest BCUT2D eigenvalue weighted by Crippen LogP contribution is -2.10. The van der Waals surface area contributed by atoms with Crippen LogP contribution < -0.4 is 15.8 Å². The molecule has 27 heavy (non-hydrogen) atoms. The van der Waals surface area contributed by atoms with Gasteiger partial charge in [0.15, 0.2) is 0 Å². The van der Waals surface area contributed by atoms with Crippen LogP contribution in [-0.4, -0.2) is 34.6 Å². The van der Waals surface area contributed by atoms with Gasteiger partial charge in [0.2, 0.25) is 0 Å². The summed E-state index contributed by atoms with van der Waals surface area (Å²) in [6.45, 7) is 4.05. The fourth-order valence-corrected chi connectivity index (χ4v) is 5.08. The Morgan fingerprint density at radius 3 is 3.00 bits per heavy atom. The Morgan fingerprint density at radius 2 is 2.22 bits per heavy atom. The largest absolute Gasteiger partial charge is 0.495 e. The van der Waals surface area contributed by atoms with E-state index in [1.165, 1.54) is 10.9 Å². The second-order valence-corrected chi connectivity index (χ2v) is 8.09. The fraction of sp³-hybridized carbons (Fsp3) is 0.300. The van der Waals surface area contributed by atoms with E-state index in [2.05, 4.69) is 39.8 Å². The average molecular weight is 379 g/mol. The molecule has 0 bridgehead atoms. The number of hydrogen-bond donors (Lipinski definition) is 2. The number of nitrogens with one attached hydrogen (secondary N) is 1. The monoisotopic (exact) mass is 379 g/mol. The Bertz CT molecular complexity index is 1160. The number of aromatic nitrogens is 3. The lowest BCUT2D eigenvalue weighted by Gasteiger charge is -2.07. The van der Waals surface area contributed by atoms with E-state index in [0.29, 0.717) is 11.7 Å². The molecule has 1 aliphatic rings. The first-order valence-electron chi connectivity index (χ1n) is 9.07. The summed E-state index contributed by atoms with van der Waals surface area (Å²) in [6, 6.07) is 6.43. The molecule has 0 saturated carbocycles. The highest BCUT2D eigenvalue weighted by Gasteiger charge is 2.25. The zero-order valence-corrected chi connectivity index (χ0v) is 16.1. The Labute approximate surface area is 161 Å². The second-order valence-electron chi connectivity index (χ2n) is 7.04. The molecule has 0 spiro atoms. The molecule has 1 saturated heterocycles. The van der Waals surface area contributed by atoms with Crippen LogP contribution in [0.5, 0.6) is 5.75 Å². The molecule has 138 valence electrons. The van der Waals surface area contributed by atoms with E-state index in [0.717, 1.165) is 51.9 Å². The number of anilines is 1. The lowest BCUT2D eigenvalue weighted by atomic mass is 10.1. The van der Waals surface area contributed by atoms with Crippen molar-refractivity contribution < 1.29 is 4.74 Å². The number of ether oxygens (including phenoxy) is 1. The molecule has 1 fully saturated rings. The molecular formula is C20H21N5OS. The maximum absolute atomic E-state index is 6.27. The van der Waals surface area contributed by atoms with Crippen LogP contribution in [0, 0.1) is 6.92 Å². The number of nitrogens with zero attached hydrogens (tertiary/aromatic N) is 3. The van der Waals surface area contributed by atoms with Crippen LogP contribution in [0.25, 0.3) is 26.2 Å². The van der Waals surface area contributed by atoms with Gasteiger partial charge in [-0.25, -0.2) is 9.97 Å². The molecule has 1 unspecified atom stereocenters. The van der Waals surface area contributed by atoms with E-state index in [1.807, 2.05) is 6.20 Å². The van der Waals surface area contributed by atoms with Gasteiger partial charge < -0.3 is 15.8 Å². The van der Waals surface area contributed by atoms with Crippen molar-refractivity contribution in [1.29, 1.82) is 0 Å². The molecule has 4 heterocycles. The summed E-state index contributed by atoms with van der Waals surface area (Å²) in [7, 11) is 1.72. The third-order valence-corrected chi connectivity index (χ3v) is 6.39. The first kappa shape index (κ1) is 16.5. The van der Waals surface area contributed by atoms with Gasteiger partial charge in [0.05, 0.1) is 16.7 Å². The molecule has 6 nitrogen and oxygen atoms in total. The van der Waals surface area contributed by atoms with Gasteiger partial charge in [0, 0.05) is 24.9 Å². The Kier molecular flexibility index (Phi) is 3.80. The highest BCUT2D eigenvalue weighted by molar-refractivity contribution is 7.22. The predicted molar refractivity (Wildman–Crippen MR) is 110 cm³/mol. The number of imidazole rings is 1. The minimum absolute atomic E-state index is 0.388. The van der Waals surface area contributed by atoms with Gasteiger partial charge in [-0.15, -0.1) is 11.3 Å². The van der Waals surface area contributed by atoms with Gasteiger partial charge in [0.25, 0.3) is 0 Å². The van der Waals surface area contributed by atoms with Crippen molar-refractivity contribution in [2.45, 2.75) is 19.3 Å². The summed E-state index contributed by atoms with van der Waals surface area (Å²) in [5.41, 5.74) is 9.25. The summed E-state index contributed by atoms with van der Waals surface area (Å²) >= 11 is 1.69.